The molecular formula is C13H26N2S2. The predicted molar refractivity (Wildman–Crippen MR) is 83.4 cm³/mol. The molecule has 0 fully saturated rings. The first-order chi connectivity index (χ1) is 8.15. The fraction of sp³-hybridized carbons (Fsp3) is 0.923. The predicted octanol–water partition coefficient (Wildman–Crippen LogP) is 3.63. The second kappa shape index (κ2) is 7.57. The number of nitrogens with one attached hydrogen (secondary N) is 1. The average Bonchev–Trinajstić information content (AvgIpc) is 2.39. The van der Waals surface area contributed by atoms with E-state index in [1.54, 1.807) is 0 Å². The van der Waals surface area contributed by atoms with Gasteiger partial charge in [0.25, 0.3) is 0 Å². The van der Waals surface area contributed by atoms with Crippen LogP contribution in [0, 0.1) is 5.41 Å². The maximum atomic E-state index is 4.71. The zero-order valence-corrected chi connectivity index (χ0v) is 13.2. The SMILES string of the molecule is CCC1(CC)CN=C(NCCC(C)SC)SC1. The van der Waals surface area contributed by atoms with Crippen LogP contribution in [0.15, 0.2) is 4.99 Å². The molecule has 1 rings (SSSR count). The Balaban J connectivity index is 2.31. The van der Waals surface area contributed by atoms with Gasteiger partial charge in [-0.1, -0.05) is 32.5 Å². The monoisotopic (exact) mass is 274 g/mol. The van der Waals surface area contributed by atoms with Gasteiger partial charge in [-0.05, 0) is 30.9 Å². The number of hydrogen-bond donors (Lipinski definition) is 1. The Morgan fingerprint density at radius 1 is 1.47 bits per heavy atom. The molecule has 0 saturated carbocycles. The topological polar surface area (TPSA) is 24.4 Å². The van der Waals surface area contributed by atoms with Crippen LogP contribution in [-0.4, -0.2) is 35.5 Å². The highest BCUT2D eigenvalue weighted by molar-refractivity contribution is 8.13. The molecule has 1 aliphatic heterocycles. The minimum absolute atomic E-state index is 0.461. The van der Waals surface area contributed by atoms with Crippen LogP contribution in [0.4, 0.5) is 0 Å². The molecule has 1 heterocycles. The smallest absolute Gasteiger partial charge is 0.156 e. The van der Waals surface area contributed by atoms with Gasteiger partial charge in [0.05, 0.1) is 0 Å². The molecule has 0 aromatic carbocycles. The second-order valence-corrected chi connectivity index (χ2v) is 7.12. The van der Waals surface area contributed by atoms with Crippen molar-refractivity contribution in [3.63, 3.8) is 0 Å². The molecule has 0 aliphatic carbocycles. The lowest BCUT2D eigenvalue weighted by Gasteiger charge is -2.33. The quantitative estimate of drug-likeness (QED) is 0.800. The van der Waals surface area contributed by atoms with Gasteiger partial charge in [0.1, 0.15) is 0 Å². The zero-order valence-electron chi connectivity index (χ0n) is 11.6. The average molecular weight is 274 g/mol. The van der Waals surface area contributed by atoms with Gasteiger partial charge in [0.2, 0.25) is 0 Å². The van der Waals surface area contributed by atoms with Gasteiger partial charge >= 0.3 is 0 Å². The van der Waals surface area contributed by atoms with Gasteiger partial charge in [-0.3, -0.25) is 4.99 Å². The first kappa shape index (κ1) is 15.2. The van der Waals surface area contributed by atoms with E-state index in [0.717, 1.165) is 23.5 Å². The van der Waals surface area contributed by atoms with E-state index in [2.05, 4.69) is 32.3 Å². The summed E-state index contributed by atoms with van der Waals surface area (Å²) in [6, 6.07) is 0. The van der Waals surface area contributed by atoms with Crippen molar-refractivity contribution in [3.8, 4) is 0 Å². The molecule has 1 unspecified atom stereocenters. The van der Waals surface area contributed by atoms with Crippen LogP contribution in [-0.2, 0) is 0 Å². The molecule has 17 heavy (non-hydrogen) atoms. The van der Waals surface area contributed by atoms with E-state index in [0.29, 0.717) is 5.41 Å². The minimum atomic E-state index is 0.461. The molecule has 4 heteroatoms. The molecule has 1 aliphatic rings. The standard InChI is InChI=1S/C13H26N2S2/c1-5-13(6-2)9-15-12(17-10-13)14-8-7-11(3)16-4/h11H,5-10H2,1-4H3,(H,14,15). The van der Waals surface area contributed by atoms with Crippen molar-refractivity contribution in [2.75, 3.05) is 25.1 Å². The highest BCUT2D eigenvalue weighted by Crippen LogP contribution is 2.34. The number of rotatable bonds is 6. The Hall–Kier alpha value is 0.170. The van der Waals surface area contributed by atoms with Crippen LogP contribution in [0.2, 0.25) is 0 Å². The van der Waals surface area contributed by atoms with Crippen LogP contribution < -0.4 is 5.32 Å². The van der Waals surface area contributed by atoms with E-state index < -0.39 is 0 Å². The Morgan fingerprint density at radius 3 is 2.65 bits per heavy atom. The number of hydrogen-bond acceptors (Lipinski definition) is 4. The van der Waals surface area contributed by atoms with E-state index in [1.165, 1.54) is 25.0 Å². The second-order valence-electron chi connectivity index (χ2n) is 4.88. The number of thioether (sulfide) groups is 2. The lowest BCUT2D eigenvalue weighted by molar-refractivity contribution is 0.318. The molecule has 1 atom stereocenters. The Kier molecular flexibility index (Phi) is 6.78. The summed E-state index contributed by atoms with van der Waals surface area (Å²) < 4.78 is 0. The number of amidine groups is 1. The fourth-order valence-electron chi connectivity index (χ4n) is 1.84. The Bertz CT molecular complexity index is 250. The van der Waals surface area contributed by atoms with Crippen molar-refractivity contribution in [2.24, 2.45) is 10.4 Å². The first-order valence-corrected chi connectivity index (χ1v) is 8.87. The molecule has 100 valence electrons. The summed E-state index contributed by atoms with van der Waals surface area (Å²) in [5, 5.41) is 5.37. The van der Waals surface area contributed by atoms with Gasteiger partial charge < -0.3 is 5.32 Å². The third-order valence-corrected chi connectivity index (χ3v) is 6.15. The third kappa shape index (κ3) is 4.74. The molecule has 0 bridgehead atoms. The van der Waals surface area contributed by atoms with Crippen LogP contribution in [0.3, 0.4) is 0 Å². The van der Waals surface area contributed by atoms with Crippen LogP contribution in [0.1, 0.15) is 40.0 Å². The summed E-state index contributed by atoms with van der Waals surface area (Å²) in [5.74, 6) is 1.23. The van der Waals surface area contributed by atoms with Crippen molar-refractivity contribution in [2.45, 2.75) is 45.3 Å². The van der Waals surface area contributed by atoms with Crippen molar-refractivity contribution in [3.05, 3.63) is 0 Å². The lowest BCUT2D eigenvalue weighted by atomic mass is 9.84. The van der Waals surface area contributed by atoms with E-state index >= 15 is 0 Å². The molecule has 0 saturated heterocycles. The zero-order chi connectivity index (χ0) is 12.7. The van der Waals surface area contributed by atoms with Gasteiger partial charge in [-0.2, -0.15) is 11.8 Å². The van der Waals surface area contributed by atoms with Gasteiger partial charge in [-0.15, -0.1) is 0 Å². The van der Waals surface area contributed by atoms with Gasteiger partial charge in [0.15, 0.2) is 5.17 Å². The van der Waals surface area contributed by atoms with E-state index in [-0.39, 0.29) is 0 Å². The Labute approximate surface area is 115 Å². The summed E-state index contributed by atoms with van der Waals surface area (Å²) in [7, 11) is 0. The van der Waals surface area contributed by atoms with Crippen molar-refractivity contribution >= 4 is 28.7 Å². The molecule has 1 N–H and O–H groups in total. The van der Waals surface area contributed by atoms with Gasteiger partial charge in [-0.25, -0.2) is 0 Å². The first-order valence-electron chi connectivity index (χ1n) is 6.59. The highest BCUT2D eigenvalue weighted by Gasteiger charge is 2.29. The third-order valence-electron chi connectivity index (χ3n) is 3.80. The summed E-state index contributed by atoms with van der Waals surface area (Å²) in [6.07, 6.45) is 5.88. The summed E-state index contributed by atoms with van der Waals surface area (Å²) in [5.41, 5.74) is 0.461. The lowest BCUT2D eigenvalue weighted by Crippen LogP contribution is -2.35. The molecule has 0 aromatic rings. The van der Waals surface area contributed by atoms with Crippen molar-refractivity contribution < 1.29 is 0 Å². The molecule has 0 spiro atoms. The summed E-state index contributed by atoms with van der Waals surface area (Å²) in [6.45, 7) is 8.92. The molecule has 0 amide bonds. The van der Waals surface area contributed by atoms with E-state index in [1.807, 2.05) is 23.5 Å². The molecule has 0 aromatic heterocycles. The number of nitrogens with zero attached hydrogens (tertiary/aromatic N) is 1. The largest absolute Gasteiger partial charge is 0.365 e. The van der Waals surface area contributed by atoms with E-state index in [4.69, 9.17) is 4.99 Å². The number of aliphatic imine (C=N–C) groups is 1. The maximum absolute atomic E-state index is 4.71. The minimum Gasteiger partial charge on any atom is -0.365 e. The van der Waals surface area contributed by atoms with Crippen molar-refractivity contribution in [1.29, 1.82) is 0 Å². The van der Waals surface area contributed by atoms with Crippen LogP contribution >= 0.6 is 23.5 Å². The fourth-order valence-corrected chi connectivity index (χ4v) is 3.49. The molecular weight excluding hydrogens is 248 g/mol. The molecule has 0 radical (unpaired) electrons. The Morgan fingerprint density at radius 2 is 2.18 bits per heavy atom. The summed E-state index contributed by atoms with van der Waals surface area (Å²) in [4.78, 5) is 4.71. The van der Waals surface area contributed by atoms with E-state index in [9.17, 15) is 0 Å². The maximum Gasteiger partial charge on any atom is 0.156 e. The molecule has 2 nitrogen and oxygen atoms in total. The normalized spacial score (nSPS) is 20.8. The van der Waals surface area contributed by atoms with Crippen LogP contribution in [0.25, 0.3) is 0 Å². The van der Waals surface area contributed by atoms with Gasteiger partial charge in [0, 0.05) is 24.1 Å². The highest BCUT2D eigenvalue weighted by atomic mass is 32.2. The van der Waals surface area contributed by atoms with Crippen LogP contribution in [0.5, 0.6) is 0 Å². The summed E-state index contributed by atoms with van der Waals surface area (Å²) >= 11 is 3.84. The van der Waals surface area contributed by atoms with Crippen molar-refractivity contribution in [1.82, 2.24) is 5.32 Å².